The smallest absolute Gasteiger partial charge is 0.329 e. The molecule has 0 radical (unpaired) electrons. The lowest BCUT2D eigenvalue weighted by atomic mass is 9.92. The van der Waals surface area contributed by atoms with Gasteiger partial charge in [-0.3, -0.25) is 14.4 Å². The minimum atomic E-state index is -1.24. The van der Waals surface area contributed by atoms with E-state index in [2.05, 4.69) is 10.6 Å². The summed E-state index contributed by atoms with van der Waals surface area (Å²) >= 11 is 1.26. The van der Waals surface area contributed by atoms with Crippen LogP contribution in [0.3, 0.4) is 0 Å². The van der Waals surface area contributed by atoms with Crippen molar-refractivity contribution in [1.82, 2.24) is 10.6 Å². The SMILES string of the molecule is O=C(COc1ccc([C@@H]2[C@@H](SCC(O)c3ccc(F)cc3)C(=O)N2c2ccc(F)cc2)cc1)NCC(=O)NC1(C(=O)O)CC1. The second-order valence-corrected chi connectivity index (χ2v) is 11.7. The normalized spacial score (nSPS) is 19.0. The molecule has 10 nitrogen and oxygen atoms in total. The van der Waals surface area contributed by atoms with Crippen LogP contribution in [0.1, 0.15) is 36.1 Å². The quantitative estimate of drug-likeness (QED) is 0.212. The zero-order valence-electron chi connectivity index (χ0n) is 23.2. The monoisotopic (exact) mass is 625 g/mol. The van der Waals surface area contributed by atoms with Crippen LogP contribution in [0.15, 0.2) is 72.8 Å². The van der Waals surface area contributed by atoms with Gasteiger partial charge in [0.2, 0.25) is 11.8 Å². The largest absolute Gasteiger partial charge is 0.484 e. The number of rotatable bonds is 13. The van der Waals surface area contributed by atoms with Gasteiger partial charge in [0.15, 0.2) is 6.61 Å². The molecule has 1 saturated heterocycles. The molecule has 3 aromatic rings. The molecule has 2 fully saturated rings. The summed E-state index contributed by atoms with van der Waals surface area (Å²) in [6, 6.07) is 17.3. The Labute approximate surface area is 255 Å². The number of amides is 3. The average molecular weight is 626 g/mol. The van der Waals surface area contributed by atoms with Crippen molar-refractivity contribution in [3.05, 3.63) is 95.6 Å². The fourth-order valence-corrected chi connectivity index (χ4v) is 6.08. The van der Waals surface area contributed by atoms with E-state index in [-0.39, 0.29) is 24.8 Å². The maximum atomic E-state index is 13.6. The van der Waals surface area contributed by atoms with Gasteiger partial charge in [0.25, 0.3) is 5.91 Å². The Morgan fingerprint density at radius 1 is 0.955 bits per heavy atom. The van der Waals surface area contributed by atoms with E-state index in [9.17, 15) is 33.1 Å². The summed E-state index contributed by atoms with van der Waals surface area (Å²) in [6.45, 7) is -0.778. The van der Waals surface area contributed by atoms with Gasteiger partial charge in [-0.05, 0) is 72.5 Å². The molecular weight excluding hydrogens is 596 g/mol. The highest BCUT2D eigenvalue weighted by Crippen LogP contribution is 2.46. The van der Waals surface area contributed by atoms with Gasteiger partial charge < -0.3 is 30.5 Å². The predicted molar refractivity (Wildman–Crippen MR) is 157 cm³/mol. The molecule has 4 N–H and O–H groups in total. The van der Waals surface area contributed by atoms with Gasteiger partial charge in [0.1, 0.15) is 28.2 Å². The number of carboxylic acid groups (broad SMARTS) is 1. The summed E-state index contributed by atoms with van der Waals surface area (Å²) in [5.41, 5.74) is 0.533. The van der Waals surface area contributed by atoms with Crippen molar-refractivity contribution < 1.29 is 42.9 Å². The molecule has 0 spiro atoms. The number of carbonyl (C=O) groups is 4. The molecule has 13 heteroatoms. The molecule has 0 aromatic heterocycles. The van der Waals surface area contributed by atoms with E-state index in [4.69, 9.17) is 9.84 Å². The van der Waals surface area contributed by atoms with Crippen LogP contribution in [0.2, 0.25) is 0 Å². The minimum absolute atomic E-state index is 0.182. The highest BCUT2D eigenvalue weighted by Gasteiger charge is 2.51. The Hall–Kier alpha value is -4.49. The molecule has 3 atom stereocenters. The summed E-state index contributed by atoms with van der Waals surface area (Å²) in [7, 11) is 0. The lowest BCUT2D eigenvalue weighted by Gasteiger charge is -2.47. The van der Waals surface area contributed by atoms with Gasteiger partial charge in [-0.1, -0.05) is 24.3 Å². The summed E-state index contributed by atoms with van der Waals surface area (Å²) < 4.78 is 32.4. The van der Waals surface area contributed by atoms with Crippen LogP contribution in [0.4, 0.5) is 14.5 Å². The summed E-state index contributed by atoms with van der Waals surface area (Å²) in [5.74, 6) is -2.83. The van der Waals surface area contributed by atoms with Gasteiger partial charge in [0.05, 0.1) is 18.7 Å². The van der Waals surface area contributed by atoms with Crippen molar-refractivity contribution in [2.24, 2.45) is 0 Å². The predicted octanol–water partition coefficient (Wildman–Crippen LogP) is 3.12. The molecule has 230 valence electrons. The van der Waals surface area contributed by atoms with E-state index >= 15 is 0 Å². The third-order valence-corrected chi connectivity index (χ3v) is 8.74. The van der Waals surface area contributed by atoms with Crippen LogP contribution in [0.5, 0.6) is 5.75 Å². The molecular formula is C31H29F2N3O7S. The second kappa shape index (κ2) is 13.0. The highest BCUT2D eigenvalue weighted by molar-refractivity contribution is 8.00. The zero-order valence-corrected chi connectivity index (χ0v) is 24.1. The number of nitrogens with one attached hydrogen (secondary N) is 2. The van der Waals surface area contributed by atoms with Gasteiger partial charge >= 0.3 is 5.97 Å². The number of aliphatic carboxylic acids is 1. The van der Waals surface area contributed by atoms with Crippen molar-refractivity contribution in [1.29, 1.82) is 0 Å². The number of aliphatic hydroxyl groups is 1. The van der Waals surface area contributed by atoms with E-state index in [0.29, 0.717) is 29.8 Å². The van der Waals surface area contributed by atoms with Crippen molar-refractivity contribution in [3.63, 3.8) is 0 Å². The molecule has 1 unspecified atom stereocenters. The van der Waals surface area contributed by atoms with Crippen LogP contribution < -0.4 is 20.3 Å². The van der Waals surface area contributed by atoms with Crippen LogP contribution >= 0.6 is 11.8 Å². The number of β-lactam (4-membered cyclic amide) rings is 1. The number of carbonyl (C=O) groups excluding carboxylic acids is 3. The summed E-state index contributed by atoms with van der Waals surface area (Å²) in [6.07, 6.45) is -0.237. The van der Waals surface area contributed by atoms with E-state index in [1.54, 1.807) is 29.2 Å². The van der Waals surface area contributed by atoms with Crippen LogP contribution in [-0.2, 0) is 19.2 Å². The van der Waals surface area contributed by atoms with Crippen molar-refractivity contribution >= 4 is 41.1 Å². The minimum Gasteiger partial charge on any atom is -0.484 e. The first-order chi connectivity index (χ1) is 21.1. The molecule has 1 heterocycles. The summed E-state index contributed by atoms with van der Waals surface area (Å²) in [5, 5.41) is 24.0. The first-order valence-electron chi connectivity index (χ1n) is 13.7. The Bertz CT molecular complexity index is 1530. The lowest BCUT2D eigenvalue weighted by molar-refractivity contribution is -0.143. The van der Waals surface area contributed by atoms with Gasteiger partial charge in [0, 0.05) is 11.4 Å². The number of halogens is 2. The topological polar surface area (TPSA) is 145 Å². The molecule has 5 rings (SSSR count). The summed E-state index contributed by atoms with van der Waals surface area (Å²) in [4.78, 5) is 50.1. The first kappa shape index (κ1) is 31.0. The lowest BCUT2D eigenvalue weighted by Crippen LogP contribution is -2.57. The second-order valence-electron chi connectivity index (χ2n) is 10.5. The number of aliphatic hydroxyl groups excluding tert-OH is 1. The highest BCUT2D eigenvalue weighted by atomic mass is 32.2. The van der Waals surface area contributed by atoms with E-state index in [1.165, 1.54) is 60.3 Å². The van der Waals surface area contributed by atoms with Gasteiger partial charge in [-0.25, -0.2) is 13.6 Å². The molecule has 0 bridgehead atoms. The molecule has 44 heavy (non-hydrogen) atoms. The number of anilines is 1. The first-order valence-corrected chi connectivity index (χ1v) is 14.8. The fraction of sp³-hybridized carbons (Fsp3) is 0.290. The fourth-order valence-electron chi connectivity index (χ4n) is 4.78. The van der Waals surface area contributed by atoms with Crippen molar-refractivity contribution in [3.8, 4) is 5.75 Å². The van der Waals surface area contributed by atoms with E-state index < -0.39 is 52.4 Å². The number of nitrogens with zero attached hydrogens (tertiary/aromatic N) is 1. The third-order valence-electron chi connectivity index (χ3n) is 7.41. The number of benzene rings is 3. The van der Waals surface area contributed by atoms with Crippen LogP contribution in [0, 0.1) is 11.6 Å². The van der Waals surface area contributed by atoms with E-state index in [1.807, 2.05) is 0 Å². The maximum absolute atomic E-state index is 13.6. The maximum Gasteiger partial charge on any atom is 0.329 e. The van der Waals surface area contributed by atoms with Gasteiger partial charge in [-0.2, -0.15) is 0 Å². The zero-order chi connectivity index (χ0) is 31.4. The molecule has 2 aliphatic rings. The average Bonchev–Trinajstić information content (AvgIpc) is 3.80. The molecule has 3 amide bonds. The number of thioether (sulfide) groups is 1. The molecule has 1 aliphatic heterocycles. The number of hydrogen-bond donors (Lipinski definition) is 4. The Balaban J connectivity index is 1.20. The number of ether oxygens (including phenoxy) is 1. The van der Waals surface area contributed by atoms with Crippen LogP contribution in [-0.4, -0.2) is 63.6 Å². The van der Waals surface area contributed by atoms with Crippen molar-refractivity contribution in [2.45, 2.75) is 35.8 Å². The number of carboxylic acids is 1. The Morgan fingerprint density at radius 3 is 2.16 bits per heavy atom. The Kier molecular flexibility index (Phi) is 9.16. The van der Waals surface area contributed by atoms with Gasteiger partial charge in [-0.15, -0.1) is 11.8 Å². The van der Waals surface area contributed by atoms with E-state index in [0.717, 1.165) is 5.56 Å². The van der Waals surface area contributed by atoms with Crippen LogP contribution in [0.25, 0.3) is 0 Å². The number of hydrogen-bond acceptors (Lipinski definition) is 7. The van der Waals surface area contributed by atoms with Crippen molar-refractivity contribution in [2.75, 3.05) is 23.8 Å². The molecule has 3 aromatic carbocycles. The third kappa shape index (κ3) is 7.00. The Morgan fingerprint density at radius 2 is 1.57 bits per heavy atom. The standard InChI is InChI=1S/C31H29F2N3O7S/c32-20-5-1-18(2-6-20)24(37)17-44-28-27(36(29(28)40)22-9-7-21(33)8-10-22)19-3-11-23(12-4-19)43-16-26(39)34-15-25(38)35-31(13-14-31)30(41)42/h1-12,24,27-28,37H,13-17H2,(H,34,39)(H,35,38)(H,41,42)/t24?,27-,28-/m1/s1. The molecule has 1 saturated carbocycles. The molecule has 1 aliphatic carbocycles.